The van der Waals surface area contributed by atoms with E-state index in [1.807, 2.05) is 6.07 Å². The average Bonchev–Trinajstić information content (AvgIpc) is 3.24. The van der Waals surface area contributed by atoms with Gasteiger partial charge in [0, 0.05) is 30.6 Å². The molecule has 28 heavy (non-hydrogen) atoms. The number of pyridine rings is 1. The van der Waals surface area contributed by atoms with Crippen molar-refractivity contribution in [3.05, 3.63) is 71.7 Å². The molecule has 2 aliphatic rings. The van der Waals surface area contributed by atoms with Crippen LogP contribution in [0.3, 0.4) is 0 Å². The van der Waals surface area contributed by atoms with Gasteiger partial charge in [0.1, 0.15) is 5.82 Å². The van der Waals surface area contributed by atoms with Crippen LogP contribution in [-0.2, 0) is 12.6 Å². The molecule has 1 saturated carbocycles. The Labute approximate surface area is 159 Å². The van der Waals surface area contributed by atoms with Crippen LogP contribution in [0.15, 0.2) is 54.9 Å². The number of halogens is 3. The van der Waals surface area contributed by atoms with Crippen LogP contribution in [0.4, 0.5) is 19.0 Å². The minimum Gasteiger partial charge on any atom is -0.370 e. The van der Waals surface area contributed by atoms with Gasteiger partial charge in [-0.3, -0.25) is 4.98 Å². The maximum absolute atomic E-state index is 13.3. The van der Waals surface area contributed by atoms with E-state index in [2.05, 4.69) is 38.5 Å². The SMILES string of the molecule is FC(F)(F)c1cc(NCC2C3Cc4ccccc4C23)nc(-c2ccncc2)n1. The van der Waals surface area contributed by atoms with Crippen molar-refractivity contribution < 1.29 is 13.2 Å². The fourth-order valence-electron chi connectivity index (χ4n) is 4.30. The van der Waals surface area contributed by atoms with Gasteiger partial charge in [0.25, 0.3) is 0 Å². The molecule has 0 radical (unpaired) electrons. The fraction of sp³-hybridized carbons (Fsp3) is 0.286. The van der Waals surface area contributed by atoms with Crippen molar-refractivity contribution >= 4 is 5.82 Å². The molecule has 0 amide bonds. The van der Waals surface area contributed by atoms with E-state index in [-0.39, 0.29) is 11.6 Å². The van der Waals surface area contributed by atoms with Crippen LogP contribution in [0.1, 0.15) is 22.7 Å². The molecule has 1 aromatic carbocycles. The molecule has 2 aromatic heterocycles. The lowest BCUT2D eigenvalue weighted by Gasteiger charge is -2.13. The molecule has 5 rings (SSSR count). The Bertz CT molecular complexity index is 1020. The first kappa shape index (κ1) is 17.2. The van der Waals surface area contributed by atoms with Gasteiger partial charge in [-0.1, -0.05) is 24.3 Å². The van der Waals surface area contributed by atoms with Gasteiger partial charge in [0.2, 0.25) is 0 Å². The summed E-state index contributed by atoms with van der Waals surface area (Å²) < 4.78 is 39.9. The summed E-state index contributed by atoms with van der Waals surface area (Å²) in [6.07, 6.45) is -0.465. The largest absolute Gasteiger partial charge is 0.433 e. The minimum atomic E-state index is -4.53. The van der Waals surface area contributed by atoms with Crippen LogP contribution in [0.25, 0.3) is 11.4 Å². The predicted octanol–water partition coefficient (Wildman–Crippen LogP) is 4.56. The third kappa shape index (κ3) is 3.00. The zero-order chi connectivity index (χ0) is 19.3. The molecule has 0 aliphatic heterocycles. The minimum absolute atomic E-state index is 0.0426. The normalized spacial score (nSPS) is 22.5. The lowest BCUT2D eigenvalue weighted by atomic mass is 10.0. The maximum atomic E-state index is 13.3. The van der Waals surface area contributed by atoms with Gasteiger partial charge in [-0.2, -0.15) is 13.2 Å². The van der Waals surface area contributed by atoms with E-state index < -0.39 is 11.9 Å². The number of benzene rings is 1. The molecule has 2 aliphatic carbocycles. The number of rotatable bonds is 4. The Morgan fingerprint density at radius 3 is 2.61 bits per heavy atom. The van der Waals surface area contributed by atoms with E-state index in [0.717, 1.165) is 12.5 Å². The zero-order valence-corrected chi connectivity index (χ0v) is 14.8. The van der Waals surface area contributed by atoms with Crippen molar-refractivity contribution in [1.29, 1.82) is 0 Å². The van der Waals surface area contributed by atoms with Crippen molar-refractivity contribution in [2.45, 2.75) is 18.5 Å². The molecule has 3 aromatic rings. The number of hydrogen-bond acceptors (Lipinski definition) is 4. The van der Waals surface area contributed by atoms with Gasteiger partial charge in [-0.25, -0.2) is 9.97 Å². The number of alkyl halides is 3. The summed E-state index contributed by atoms with van der Waals surface area (Å²) >= 11 is 0. The summed E-state index contributed by atoms with van der Waals surface area (Å²) in [5.41, 5.74) is 2.34. The number of fused-ring (bicyclic) bond motifs is 3. The average molecular weight is 382 g/mol. The van der Waals surface area contributed by atoms with E-state index in [1.54, 1.807) is 12.1 Å². The van der Waals surface area contributed by atoms with E-state index >= 15 is 0 Å². The second kappa shape index (κ2) is 6.29. The molecule has 0 spiro atoms. The quantitative estimate of drug-likeness (QED) is 0.719. The van der Waals surface area contributed by atoms with Crippen LogP contribution >= 0.6 is 0 Å². The van der Waals surface area contributed by atoms with Gasteiger partial charge in [-0.05, 0) is 47.4 Å². The van der Waals surface area contributed by atoms with Gasteiger partial charge < -0.3 is 5.32 Å². The summed E-state index contributed by atoms with van der Waals surface area (Å²) in [4.78, 5) is 11.9. The molecule has 3 atom stereocenters. The lowest BCUT2D eigenvalue weighted by molar-refractivity contribution is -0.141. The molecule has 4 nitrogen and oxygen atoms in total. The maximum Gasteiger partial charge on any atom is 0.433 e. The number of nitrogens with one attached hydrogen (secondary N) is 1. The second-order valence-electron chi connectivity index (χ2n) is 7.33. The highest BCUT2D eigenvalue weighted by atomic mass is 19.4. The summed E-state index contributed by atoms with van der Waals surface area (Å²) in [6.45, 7) is 0.605. The Hall–Kier alpha value is -2.96. The van der Waals surface area contributed by atoms with E-state index in [0.29, 0.717) is 29.9 Å². The fourth-order valence-corrected chi connectivity index (χ4v) is 4.30. The summed E-state index contributed by atoms with van der Waals surface area (Å²) in [6, 6.07) is 12.6. The standard InChI is InChI=1S/C21H17F3N4/c22-21(23,24)17-10-18(28-20(27-17)12-5-7-25-8-6-12)26-11-16-15-9-13-3-1-2-4-14(13)19(15)16/h1-8,10,15-16,19H,9,11H2,(H,26,27,28). The highest BCUT2D eigenvalue weighted by Gasteiger charge is 2.54. The molecule has 2 heterocycles. The van der Waals surface area contributed by atoms with Gasteiger partial charge in [0.05, 0.1) is 0 Å². The first-order valence-corrected chi connectivity index (χ1v) is 9.19. The number of hydrogen-bond donors (Lipinski definition) is 1. The smallest absolute Gasteiger partial charge is 0.370 e. The third-order valence-corrected chi connectivity index (χ3v) is 5.68. The zero-order valence-electron chi connectivity index (χ0n) is 14.8. The molecular formula is C21H17F3N4. The Morgan fingerprint density at radius 2 is 1.82 bits per heavy atom. The molecule has 3 unspecified atom stereocenters. The van der Waals surface area contributed by atoms with Crippen molar-refractivity contribution in [3.63, 3.8) is 0 Å². The number of anilines is 1. The molecule has 142 valence electrons. The first-order valence-electron chi connectivity index (χ1n) is 9.19. The van der Waals surface area contributed by atoms with Crippen LogP contribution in [0.5, 0.6) is 0 Å². The monoisotopic (exact) mass is 382 g/mol. The first-order chi connectivity index (χ1) is 13.5. The van der Waals surface area contributed by atoms with Crippen molar-refractivity contribution in [1.82, 2.24) is 15.0 Å². The summed E-state index contributed by atoms with van der Waals surface area (Å²) in [5.74, 6) is 1.76. The predicted molar refractivity (Wildman–Crippen MR) is 98.6 cm³/mol. The van der Waals surface area contributed by atoms with Crippen LogP contribution < -0.4 is 5.32 Å². The topological polar surface area (TPSA) is 50.7 Å². The third-order valence-electron chi connectivity index (χ3n) is 5.68. The molecule has 0 saturated heterocycles. The van der Waals surface area contributed by atoms with Crippen LogP contribution in [-0.4, -0.2) is 21.5 Å². The molecule has 1 fully saturated rings. The molecular weight excluding hydrogens is 365 g/mol. The Balaban J connectivity index is 1.37. The number of nitrogens with zero attached hydrogens (tertiary/aromatic N) is 3. The highest BCUT2D eigenvalue weighted by Crippen LogP contribution is 2.61. The second-order valence-corrected chi connectivity index (χ2v) is 7.33. The van der Waals surface area contributed by atoms with Gasteiger partial charge in [-0.15, -0.1) is 0 Å². The number of aromatic nitrogens is 3. The van der Waals surface area contributed by atoms with Crippen molar-refractivity contribution in [3.8, 4) is 11.4 Å². The summed E-state index contributed by atoms with van der Waals surface area (Å²) in [7, 11) is 0. The van der Waals surface area contributed by atoms with E-state index in [9.17, 15) is 13.2 Å². The van der Waals surface area contributed by atoms with Crippen molar-refractivity contribution in [2.75, 3.05) is 11.9 Å². The Morgan fingerprint density at radius 1 is 1.04 bits per heavy atom. The van der Waals surface area contributed by atoms with Gasteiger partial charge in [0.15, 0.2) is 11.5 Å². The highest BCUT2D eigenvalue weighted by molar-refractivity contribution is 5.57. The summed E-state index contributed by atoms with van der Waals surface area (Å²) in [5, 5.41) is 3.12. The van der Waals surface area contributed by atoms with E-state index in [4.69, 9.17) is 0 Å². The van der Waals surface area contributed by atoms with Crippen LogP contribution in [0.2, 0.25) is 0 Å². The molecule has 1 N–H and O–H groups in total. The lowest BCUT2D eigenvalue weighted by Crippen LogP contribution is -2.14. The van der Waals surface area contributed by atoms with Gasteiger partial charge >= 0.3 is 6.18 Å². The van der Waals surface area contributed by atoms with E-state index in [1.165, 1.54) is 23.5 Å². The Kier molecular flexibility index (Phi) is 3.86. The van der Waals surface area contributed by atoms with Crippen molar-refractivity contribution in [2.24, 2.45) is 11.8 Å². The molecule has 0 bridgehead atoms. The van der Waals surface area contributed by atoms with Crippen LogP contribution in [0, 0.1) is 11.8 Å². The molecule has 7 heteroatoms.